The Labute approximate surface area is 296 Å². The van der Waals surface area contributed by atoms with E-state index in [2.05, 4.69) is 67.5 Å². The van der Waals surface area contributed by atoms with E-state index >= 15 is 0 Å². The highest BCUT2D eigenvalue weighted by Gasteiger charge is 2.70. The molecule has 4 saturated carbocycles. The van der Waals surface area contributed by atoms with Gasteiger partial charge in [0.05, 0.1) is 6.10 Å². The number of halogens is 1. The van der Waals surface area contributed by atoms with Gasteiger partial charge in [-0.15, -0.1) is 0 Å². The van der Waals surface area contributed by atoms with Crippen molar-refractivity contribution < 1.29 is 14.7 Å². The standard InChI is InChI=1S/C42H63ClN2O3/c1-27(2)36-31(46)24-42(25-35(48)45(23-22-44(8)9)26-28-10-12-29(43)13-11-28)21-20-40(6)30(37(36)42)14-15-33-39(5)18-17-34(47)38(3,4)32(39)16-19-41(33,40)7/h10-13,27,30,32-34,47H,14-26H2,1-9H3/t30-,32+,33-,34+,39+,40-,41-,42+/m1/s1. The van der Waals surface area contributed by atoms with E-state index in [9.17, 15) is 14.7 Å². The van der Waals surface area contributed by atoms with Crippen LogP contribution < -0.4 is 0 Å². The van der Waals surface area contributed by atoms with Crippen LogP contribution in [0.2, 0.25) is 5.02 Å². The lowest BCUT2D eigenvalue weighted by molar-refractivity contribution is -0.228. The van der Waals surface area contributed by atoms with Gasteiger partial charge in [-0.2, -0.15) is 0 Å². The number of aliphatic hydroxyl groups is 1. The third kappa shape index (κ3) is 5.56. The first-order valence-electron chi connectivity index (χ1n) is 19.0. The van der Waals surface area contributed by atoms with E-state index in [4.69, 9.17) is 11.6 Å². The Morgan fingerprint density at radius 3 is 2.23 bits per heavy atom. The molecule has 0 bridgehead atoms. The monoisotopic (exact) mass is 678 g/mol. The molecule has 0 radical (unpaired) electrons. The van der Waals surface area contributed by atoms with Crippen molar-refractivity contribution in [2.24, 2.45) is 50.7 Å². The number of hydrogen-bond donors (Lipinski definition) is 1. The van der Waals surface area contributed by atoms with Crippen LogP contribution >= 0.6 is 11.6 Å². The van der Waals surface area contributed by atoms with Gasteiger partial charge in [0.15, 0.2) is 5.78 Å². The summed E-state index contributed by atoms with van der Waals surface area (Å²) in [5.74, 6) is 2.08. The molecule has 5 aliphatic carbocycles. The molecular formula is C42H63ClN2O3. The molecular weight excluding hydrogens is 616 g/mol. The molecule has 1 N–H and O–H groups in total. The fraction of sp³-hybridized carbons (Fsp3) is 0.762. The molecule has 5 aliphatic rings. The number of benzene rings is 1. The summed E-state index contributed by atoms with van der Waals surface area (Å²) < 4.78 is 0. The predicted octanol–water partition coefficient (Wildman–Crippen LogP) is 8.96. The molecule has 0 spiro atoms. The predicted molar refractivity (Wildman–Crippen MR) is 195 cm³/mol. The minimum Gasteiger partial charge on any atom is -0.393 e. The summed E-state index contributed by atoms with van der Waals surface area (Å²) >= 11 is 6.20. The molecule has 1 aromatic rings. The number of nitrogens with zero attached hydrogens (tertiary/aromatic N) is 2. The van der Waals surface area contributed by atoms with Gasteiger partial charge in [0, 0.05) is 42.9 Å². The van der Waals surface area contributed by atoms with Crippen LogP contribution in [0.15, 0.2) is 35.4 Å². The first-order valence-corrected chi connectivity index (χ1v) is 19.4. The quantitative estimate of drug-likeness (QED) is 0.298. The topological polar surface area (TPSA) is 60.9 Å². The van der Waals surface area contributed by atoms with Crippen LogP contribution in [0.5, 0.6) is 0 Å². The Hall–Kier alpha value is -1.69. The first kappa shape index (κ1) is 36.1. The van der Waals surface area contributed by atoms with Crippen LogP contribution in [0.25, 0.3) is 0 Å². The molecule has 0 unspecified atom stereocenters. The number of carbonyl (C=O) groups excluding carboxylic acids is 2. The molecule has 0 saturated heterocycles. The lowest BCUT2D eigenvalue weighted by Gasteiger charge is -2.72. The van der Waals surface area contributed by atoms with Crippen molar-refractivity contribution in [3.63, 3.8) is 0 Å². The van der Waals surface area contributed by atoms with E-state index in [1.54, 1.807) is 0 Å². The highest BCUT2D eigenvalue weighted by Crippen LogP contribution is 2.77. The average Bonchev–Trinajstić information content (AvgIpc) is 3.30. The van der Waals surface area contributed by atoms with Crippen molar-refractivity contribution in [2.45, 2.75) is 125 Å². The highest BCUT2D eigenvalue weighted by molar-refractivity contribution is 6.30. The van der Waals surface area contributed by atoms with Gasteiger partial charge in [-0.25, -0.2) is 0 Å². The van der Waals surface area contributed by atoms with Crippen LogP contribution in [0.4, 0.5) is 0 Å². The van der Waals surface area contributed by atoms with Crippen LogP contribution in [0.3, 0.4) is 0 Å². The summed E-state index contributed by atoms with van der Waals surface area (Å²) in [5.41, 5.74) is 3.52. The van der Waals surface area contributed by atoms with Crippen molar-refractivity contribution in [1.82, 2.24) is 9.80 Å². The number of amides is 1. The second kappa shape index (κ2) is 12.5. The first-order chi connectivity index (χ1) is 22.4. The number of likely N-dealkylation sites (N-methyl/N-ethyl adjacent to an activating group) is 1. The molecule has 48 heavy (non-hydrogen) atoms. The summed E-state index contributed by atoms with van der Waals surface area (Å²) in [6, 6.07) is 7.84. The fourth-order valence-electron chi connectivity index (χ4n) is 12.8. The zero-order valence-electron chi connectivity index (χ0n) is 31.4. The van der Waals surface area contributed by atoms with Gasteiger partial charge in [-0.1, -0.05) is 77.8 Å². The Morgan fingerprint density at radius 1 is 0.896 bits per heavy atom. The number of rotatable bonds is 8. The van der Waals surface area contributed by atoms with Gasteiger partial charge in [0.25, 0.3) is 0 Å². The fourth-order valence-corrected chi connectivity index (χ4v) is 12.9. The maximum absolute atomic E-state index is 14.6. The summed E-state index contributed by atoms with van der Waals surface area (Å²) in [5, 5.41) is 11.8. The largest absolute Gasteiger partial charge is 0.393 e. The van der Waals surface area contributed by atoms with Gasteiger partial charge >= 0.3 is 0 Å². The lowest BCUT2D eigenvalue weighted by Crippen LogP contribution is -2.65. The molecule has 6 rings (SSSR count). The Bertz CT molecular complexity index is 1450. The summed E-state index contributed by atoms with van der Waals surface area (Å²) in [6.07, 6.45) is 9.31. The minimum absolute atomic E-state index is 0.0656. The molecule has 6 heteroatoms. The molecule has 1 aromatic carbocycles. The number of allylic oxidation sites excluding steroid dienone is 2. The molecule has 8 atom stereocenters. The molecule has 0 heterocycles. The van der Waals surface area contributed by atoms with Gasteiger partial charge in [-0.05, 0) is 134 Å². The van der Waals surface area contributed by atoms with Crippen LogP contribution in [-0.2, 0) is 16.1 Å². The number of Topliss-reactive ketones (excluding diaryl/α,β-unsaturated/α-hetero) is 1. The number of carbonyl (C=O) groups is 2. The van der Waals surface area contributed by atoms with E-state index in [1.165, 1.54) is 24.8 Å². The van der Waals surface area contributed by atoms with Crippen LogP contribution in [0.1, 0.15) is 118 Å². The second-order valence-corrected chi connectivity index (χ2v) is 19.2. The SMILES string of the molecule is CC(C)C1=C2[C@H]3CC[C@@H]4[C@@]5(C)CC[C@H](O)C(C)(C)[C@@H]5CC[C@@]4(C)[C@]3(C)CC[C@@]2(CC(=O)N(CCN(C)C)Cc2ccc(Cl)cc2)CC1=O. The van der Waals surface area contributed by atoms with Gasteiger partial charge in [-0.3, -0.25) is 9.59 Å². The number of aliphatic hydroxyl groups excluding tert-OH is 1. The van der Waals surface area contributed by atoms with Crippen LogP contribution in [-0.4, -0.2) is 59.9 Å². The zero-order chi connectivity index (χ0) is 35.0. The molecule has 5 nitrogen and oxygen atoms in total. The summed E-state index contributed by atoms with van der Waals surface area (Å²) in [6.45, 7) is 18.8. The Balaban J connectivity index is 1.35. The number of hydrogen-bond acceptors (Lipinski definition) is 4. The maximum atomic E-state index is 14.6. The van der Waals surface area contributed by atoms with Crippen molar-refractivity contribution in [2.75, 3.05) is 27.2 Å². The minimum atomic E-state index is -0.379. The summed E-state index contributed by atoms with van der Waals surface area (Å²) in [4.78, 5) is 32.9. The Morgan fingerprint density at radius 2 is 1.58 bits per heavy atom. The van der Waals surface area contributed by atoms with Crippen molar-refractivity contribution in [3.05, 3.63) is 46.0 Å². The maximum Gasteiger partial charge on any atom is 0.223 e. The number of ketones is 1. The lowest BCUT2D eigenvalue weighted by atomic mass is 9.33. The Kier molecular flexibility index (Phi) is 9.42. The molecule has 0 aliphatic heterocycles. The molecule has 4 fully saturated rings. The number of fused-ring (bicyclic) bond motifs is 7. The third-order valence-electron chi connectivity index (χ3n) is 15.5. The molecule has 1 amide bonds. The van der Waals surface area contributed by atoms with Crippen molar-refractivity contribution in [3.8, 4) is 0 Å². The van der Waals surface area contributed by atoms with Gasteiger partial charge in [0.1, 0.15) is 0 Å². The van der Waals surface area contributed by atoms with E-state index in [0.29, 0.717) is 54.5 Å². The normalized spacial score (nSPS) is 38.8. The highest BCUT2D eigenvalue weighted by atomic mass is 35.5. The summed E-state index contributed by atoms with van der Waals surface area (Å²) in [7, 11) is 4.11. The zero-order valence-corrected chi connectivity index (χ0v) is 32.2. The second-order valence-electron chi connectivity index (χ2n) is 18.8. The smallest absolute Gasteiger partial charge is 0.223 e. The third-order valence-corrected chi connectivity index (χ3v) is 15.8. The van der Waals surface area contributed by atoms with Gasteiger partial charge in [0.2, 0.25) is 5.91 Å². The van der Waals surface area contributed by atoms with Crippen molar-refractivity contribution in [1.29, 1.82) is 0 Å². The van der Waals surface area contributed by atoms with Crippen LogP contribution in [0, 0.1) is 50.7 Å². The van der Waals surface area contributed by atoms with E-state index < -0.39 is 0 Å². The molecule has 266 valence electrons. The molecule has 0 aromatic heterocycles. The van der Waals surface area contributed by atoms with Crippen molar-refractivity contribution >= 4 is 23.3 Å². The average molecular weight is 679 g/mol. The van der Waals surface area contributed by atoms with E-state index in [1.807, 2.05) is 29.2 Å². The van der Waals surface area contributed by atoms with E-state index in [-0.39, 0.29) is 45.0 Å². The van der Waals surface area contributed by atoms with E-state index in [0.717, 1.165) is 49.8 Å². The van der Waals surface area contributed by atoms with Gasteiger partial charge < -0.3 is 14.9 Å².